The molecule has 128 valence electrons. The van der Waals surface area contributed by atoms with Crippen molar-refractivity contribution in [1.82, 2.24) is 14.9 Å². The van der Waals surface area contributed by atoms with Crippen LogP contribution in [0.15, 0.2) is 30.6 Å². The van der Waals surface area contributed by atoms with Crippen LogP contribution in [-0.4, -0.2) is 35.2 Å². The summed E-state index contributed by atoms with van der Waals surface area (Å²) >= 11 is 0. The number of aromatic nitrogens is 2. The number of hydrogen-bond donors (Lipinski definition) is 1. The lowest BCUT2D eigenvalue weighted by Crippen LogP contribution is -2.37. The Labute approximate surface area is 139 Å². The van der Waals surface area contributed by atoms with Crippen molar-refractivity contribution in [2.24, 2.45) is 0 Å². The van der Waals surface area contributed by atoms with Gasteiger partial charge in [0.15, 0.2) is 0 Å². The molecule has 0 spiro atoms. The van der Waals surface area contributed by atoms with Gasteiger partial charge >= 0.3 is 0 Å². The molecular formula is C17H20FN3O3. The third-order valence-electron chi connectivity index (χ3n) is 4.16. The van der Waals surface area contributed by atoms with Crippen LogP contribution in [0, 0.1) is 5.82 Å². The monoisotopic (exact) mass is 333 g/mol. The molecule has 1 aliphatic rings. The highest BCUT2D eigenvalue weighted by atomic mass is 19.1. The van der Waals surface area contributed by atoms with Gasteiger partial charge in [0.1, 0.15) is 23.5 Å². The summed E-state index contributed by atoms with van der Waals surface area (Å²) in [5, 5.41) is 2.92. The summed E-state index contributed by atoms with van der Waals surface area (Å²) in [6.45, 7) is 3.32. The van der Waals surface area contributed by atoms with Crippen LogP contribution < -0.4 is 10.1 Å². The van der Waals surface area contributed by atoms with E-state index < -0.39 is 5.82 Å². The van der Waals surface area contributed by atoms with E-state index in [2.05, 4.69) is 10.3 Å². The Hall–Kier alpha value is -2.41. The maximum atomic E-state index is 13.5. The van der Waals surface area contributed by atoms with Crippen molar-refractivity contribution in [2.45, 2.75) is 32.0 Å². The van der Waals surface area contributed by atoms with E-state index in [1.54, 1.807) is 6.20 Å². The molecule has 2 heterocycles. The molecule has 0 aliphatic carbocycles. The summed E-state index contributed by atoms with van der Waals surface area (Å²) in [6, 6.07) is 3.65. The lowest BCUT2D eigenvalue weighted by molar-refractivity contribution is 0.0773. The fraction of sp³-hybridized carbons (Fsp3) is 0.412. The molecule has 3 rings (SSSR count). The summed E-state index contributed by atoms with van der Waals surface area (Å²) in [4.78, 5) is 16.9. The number of amides is 1. The minimum Gasteiger partial charge on any atom is -0.496 e. The zero-order valence-corrected chi connectivity index (χ0v) is 13.7. The van der Waals surface area contributed by atoms with Crippen LogP contribution in [0.5, 0.6) is 5.75 Å². The van der Waals surface area contributed by atoms with Crippen molar-refractivity contribution < 1.29 is 18.7 Å². The number of nitrogens with zero attached hydrogens (tertiary/aromatic N) is 2. The molecule has 1 N–H and O–H groups in total. The summed E-state index contributed by atoms with van der Waals surface area (Å²) in [6.07, 6.45) is 3.95. The highest BCUT2D eigenvalue weighted by Crippen LogP contribution is 2.29. The number of halogens is 1. The summed E-state index contributed by atoms with van der Waals surface area (Å²) in [7, 11) is 1.45. The smallest absolute Gasteiger partial charge is 0.255 e. The second kappa shape index (κ2) is 7.00. The average molecular weight is 333 g/mol. The van der Waals surface area contributed by atoms with Crippen LogP contribution in [-0.2, 0) is 11.3 Å². The fourth-order valence-electron chi connectivity index (χ4n) is 2.94. The third-order valence-corrected chi connectivity index (χ3v) is 4.16. The van der Waals surface area contributed by atoms with Gasteiger partial charge in [0.05, 0.1) is 18.7 Å². The quantitative estimate of drug-likeness (QED) is 0.912. The molecule has 0 saturated carbocycles. The molecule has 24 heavy (non-hydrogen) atoms. The topological polar surface area (TPSA) is 65.4 Å². The van der Waals surface area contributed by atoms with Gasteiger partial charge in [0.25, 0.3) is 5.91 Å². The normalized spacial score (nSPS) is 20.1. The molecular weight excluding hydrogens is 313 g/mol. The van der Waals surface area contributed by atoms with E-state index in [4.69, 9.17) is 9.47 Å². The first kappa shape index (κ1) is 16.4. The van der Waals surface area contributed by atoms with E-state index in [-0.39, 0.29) is 23.6 Å². The first-order chi connectivity index (χ1) is 11.6. The molecule has 2 aromatic rings. The number of ether oxygens (including phenoxy) is 2. The van der Waals surface area contributed by atoms with Gasteiger partial charge in [-0.05, 0) is 31.5 Å². The minimum atomic E-state index is -0.485. The van der Waals surface area contributed by atoms with Crippen molar-refractivity contribution in [3.8, 4) is 5.75 Å². The zero-order valence-electron chi connectivity index (χ0n) is 13.7. The Balaban J connectivity index is 1.80. The molecule has 2 atom stereocenters. The number of benzene rings is 1. The van der Waals surface area contributed by atoms with Crippen molar-refractivity contribution >= 4 is 5.91 Å². The summed E-state index contributed by atoms with van der Waals surface area (Å²) in [5.41, 5.74) is 0.169. The van der Waals surface area contributed by atoms with Gasteiger partial charge in [-0.2, -0.15) is 0 Å². The van der Waals surface area contributed by atoms with Crippen molar-refractivity contribution in [3.63, 3.8) is 0 Å². The Morgan fingerprint density at radius 1 is 1.54 bits per heavy atom. The van der Waals surface area contributed by atoms with Crippen LogP contribution in [0.1, 0.15) is 35.6 Å². The molecule has 0 unspecified atom stereocenters. The lowest BCUT2D eigenvalue weighted by atomic mass is 10.1. The van der Waals surface area contributed by atoms with E-state index in [0.717, 1.165) is 12.4 Å². The van der Waals surface area contributed by atoms with E-state index in [9.17, 15) is 9.18 Å². The maximum absolute atomic E-state index is 13.5. The largest absolute Gasteiger partial charge is 0.496 e. The van der Waals surface area contributed by atoms with E-state index in [0.29, 0.717) is 18.8 Å². The Kier molecular flexibility index (Phi) is 4.80. The number of carbonyl (C=O) groups is 1. The Morgan fingerprint density at radius 2 is 2.38 bits per heavy atom. The van der Waals surface area contributed by atoms with E-state index in [1.165, 1.54) is 25.3 Å². The van der Waals surface area contributed by atoms with Gasteiger partial charge in [-0.1, -0.05) is 0 Å². The second-order valence-corrected chi connectivity index (χ2v) is 5.58. The number of rotatable bonds is 5. The first-order valence-electron chi connectivity index (χ1n) is 7.91. The molecule has 1 aromatic heterocycles. The standard InChI is InChI=1S/C17H20FN3O3/c1-3-21-8-7-19-16(21)15-13(6-9-24-15)20-17(22)12-10-11(18)4-5-14(12)23-2/h4-5,7-8,10,13,15H,3,6,9H2,1-2H3,(H,20,22)/t13-,15-/m0/s1. The van der Waals surface area contributed by atoms with Crippen molar-refractivity contribution in [2.75, 3.05) is 13.7 Å². The average Bonchev–Trinajstić information content (AvgIpc) is 3.22. The highest BCUT2D eigenvalue weighted by Gasteiger charge is 2.34. The van der Waals surface area contributed by atoms with Crippen LogP contribution in [0.25, 0.3) is 0 Å². The Morgan fingerprint density at radius 3 is 3.12 bits per heavy atom. The molecule has 7 heteroatoms. The molecule has 0 bridgehead atoms. The third kappa shape index (κ3) is 3.12. The second-order valence-electron chi connectivity index (χ2n) is 5.58. The van der Waals surface area contributed by atoms with Crippen LogP contribution in [0.4, 0.5) is 4.39 Å². The first-order valence-corrected chi connectivity index (χ1v) is 7.91. The summed E-state index contributed by atoms with van der Waals surface area (Å²) in [5.74, 6) is 0.245. The van der Waals surface area contributed by atoms with Gasteiger partial charge in [-0.15, -0.1) is 0 Å². The number of nitrogens with one attached hydrogen (secondary N) is 1. The number of hydrogen-bond acceptors (Lipinski definition) is 4. The SMILES string of the molecule is CCn1ccnc1[C@H]1OCC[C@@H]1NC(=O)c1cc(F)ccc1OC. The number of carbonyl (C=O) groups excluding carboxylic acids is 1. The summed E-state index contributed by atoms with van der Waals surface area (Å²) < 4.78 is 26.4. The molecule has 1 fully saturated rings. The van der Waals surface area contributed by atoms with Gasteiger partial charge in [0.2, 0.25) is 0 Å². The molecule has 1 aromatic carbocycles. The zero-order chi connectivity index (χ0) is 17.1. The van der Waals surface area contributed by atoms with Crippen LogP contribution in [0.3, 0.4) is 0 Å². The lowest BCUT2D eigenvalue weighted by Gasteiger charge is -2.20. The predicted octanol–water partition coefficient (Wildman–Crippen LogP) is 2.31. The molecule has 6 nitrogen and oxygen atoms in total. The van der Waals surface area contributed by atoms with E-state index >= 15 is 0 Å². The van der Waals surface area contributed by atoms with Crippen molar-refractivity contribution in [1.29, 1.82) is 0 Å². The van der Waals surface area contributed by atoms with E-state index in [1.807, 2.05) is 17.7 Å². The molecule has 1 amide bonds. The molecule has 1 aliphatic heterocycles. The highest BCUT2D eigenvalue weighted by molar-refractivity contribution is 5.97. The number of methoxy groups -OCH3 is 1. The maximum Gasteiger partial charge on any atom is 0.255 e. The van der Waals surface area contributed by atoms with Gasteiger partial charge in [-0.3, -0.25) is 4.79 Å². The van der Waals surface area contributed by atoms with Crippen LogP contribution in [0.2, 0.25) is 0 Å². The Bertz CT molecular complexity index is 732. The van der Waals surface area contributed by atoms with Crippen molar-refractivity contribution in [3.05, 3.63) is 47.8 Å². The molecule has 0 radical (unpaired) electrons. The fourth-order valence-corrected chi connectivity index (χ4v) is 2.94. The van der Waals surface area contributed by atoms with Gasteiger partial charge in [-0.25, -0.2) is 9.37 Å². The molecule has 1 saturated heterocycles. The number of aryl methyl sites for hydroxylation is 1. The van der Waals surface area contributed by atoms with Gasteiger partial charge in [0, 0.05) is 25.5 Å². The minimum absolute atomic E-state index is 0.169. The predicted molar refractivity (Wildman–Crippen MR) is 85.4 cm³/mol. The number of imidazole rings is 1. The van der Waals surface area contributed by atoms with Gasteiger partial charge < -0.3 is 19.4 Å². The van der Waals surface area contributed by atoms with Crippen LogP contribution >= 0.6 is 0 Å².